The van der Waals surface area contributed by atoms with Crippen LogP contribution in [0.3, 0.4) is 0 Å². The Hall–Kier alpha value is -0.510. The SMILES string of the molecule is OC1CNCc2oc(Cl)cc21. The maximum Gasteiger partial charge on any atom is 0.193 e. The number of aliphatic hydroxyl groups excluding tert-OH is 1. The molecule has 1 aromatic rings. The summed E-state index contributed by atoms with van der Waals surface area (Å²) in [6.45, 7) is 1.22. The lowest BCUT2D eigenvalue weighted by atomic mass is 10.1. The zero-order valence-electron chi connectivity index (χ0n) is 5.80. The van der Waals surface area contributed by atoms with E-state index >= 15 is 0 Å². The molecule has 0 amide bonds. The lowest BCUT2D eigenvalue weighted by molar-refractivity contribution is 0.160. The number of halogens is 1. The van der Waals surface area contributed by atoms with Crippen LogP contribution in [0.5, 0.6) is 0 Å². The zero-order valence-corrected chi connectivity index (χ0v) is 6.56. The molecule has 1 aromatic heterocycles. The summed E-state index contributed by atoms with van der Waals surface area (Å²) in [5.74, 6) is 0.744. The Morgan fingerprint density at radius 3 is 3.27 bits per heavy atom. The van der Waals surface area contributed by atoms with Crippen LogP contribution >= 0.6 is 11.6 Å². The third kappa shape index (κ3) is 1.15. The summed E-state index contributed by atoms with van der Waals surface area (Å²) < 4.78 is 5.12. The van der Waals surface area contributed by atoms with Crippen LogP contribution < -0.4 is 5.32 Å². The predicted octanol–water partition coefficient (Wildman–Crippen LogP) is 1.07. The van der Waals surface area contributed by atoms with Crippen LogP contribution in [-0.2, 0) is 6.54 Å². The molecule has 60 valence electrons. The van der Waals surface area contributed by atoms with E-state index in [4.69, 9.17) is 16.0 Å². The van der Waals surface area contributed by atoms with Gasteiger partial charge >= 0.3 is 0 Å². The maximum atomic E-state index is 9.39. The molecule has 0 fully saturated rings. The second-order valence-corrected chi connectivity index (χ2v) is 2.95. The van der Waals surface area contributed by atoms with Gasteiger partial charge in [-0.1, -0.05) is 0 Å². The van der Waals surface area contributed by atoms with Gasteiger partial charge < -0.3 is 14.8 Å². The largest absolute Gasteiger partial charge is 0.448 e. The van der Waals surface area contributed by atoms with Gasteiger partial charge in [-0.2, -0.15) is 0 Å². The molecule has 3 nitrogen and oxygen atoms in total. The van der Waals surface area contributed by atoms with Crippen molar-refractivity contribution in [1.29, 1.82) is 0 Å². The number of furan rings is 1. The van der Waals surface area contributed by atoms with Crippen LogP contribution in [0, 0.1) is 0 Å². The summed E-state index contributed by atoms with van der Waals surface area (Å²) in [7, 11) is 0. The van der Waals surface area contributed by atoms with Gasteiger partial charge in [-0.05, 0) is 11.6 Å². The summed E-state index contributed by atoms with van der Waals surface area (Å²) in [4.78, 5) is 0. The average Bonchev–Trinajstić information content (AvgIpc) is 2.31. The second-order valence-electron chi connectivity index (χ2n) is 2.58. The molecule has 11 heavy (non-hydrogen) atoms. The number of rotatable bonds is 0. The summed E-state index contributed by atoms with van der Waals surface area (Å²) >= 11 is 5.61. The molecule has 1 unspecified atom stereocenters. The van der Waals surface area contributed by atoms with Gasteiger partial charge in [0.15, 0.2) is 5.22 Å². The zero-order chi connectivity index (χ0) is 7.84. The minimum atomic E-state index is -0.477. The number of aliphatic hydroxyl groups is 1. The van der Waals surface area contributed by atoms with Crippen molar-refractivity contribution in [3.05, 3.63) is 22.6 Å². The van der Waals surface area contributed by atoms with E-state index in [1.165, 1.54) is 0 Å². The van der Waals surface area contributed by atoms with Gasteiger partial charge in [-0.3, -0.25) is 0 Å². The van der Waals surface area contributed by atoms with E-state index in [-0.39, 0.29) is 0 Å². The van der Waals surface area contributed by atoms with Gasteiger partial charge in [0, 0.05) is 18.2 Å². The van der Waals surface area contributed by atoms with Crippen molar-refractivity contribution < 1.29 is 9.52 Å². The van der Waals surface area contributed by atoms with Crippen molar-refractivity contribution in [3.8, 4) is 0 Å². The monoisotopic (exact) mass is 173 g/mol. The fourth-order valence-electron chi connectivity index (χ4n) is 1.26. The molecule has 1 aliphatic heterocycles. The first-order valence-corrected chi connectivity index (χ1v) is 3.82. The molecule has 1 atom stereocenters. The summed E-state index contributed by atoms with van der Waals surface area (Å²) in [6, 6.07) is 1.67. The van der Waals surface area contributed by atoms with Gasteiger partial charge in [0.2, 0.25) is 0 Å². The molecule has 1 aliphatic rings. The van der Waals surface area contributed by atoms with Crippen LogP contribution in [0.2, 0.25) is 5.22 Å². The Morgan fingerprint density at radius 2 is 2.55 bits per heavy atom. The highest BCUT2D eigenvalue weighted by atomic mass is 35.5. The molecule has 0 bridgehead atoms. The first-order valence-electron chi connectivity index (χ1n) is 3.44. The van der Waals surface area contributed by atoms with E-state index in [0.717, 1.165) is 11.3 Å². The highest BCUT2D eigenvalue weighted by Crippen LogP contribution is 2.27. The Kier molecular flexibility index (Phi) is 1.64. The van der Waals surface area contributed by atoms with E-state index in [9.17, 15) is 5.11 Å². The van der Waals surface area contributed by atoms with E-state index in [1.807, 2.05) is 0 Å². The molecule has 2 N–H and O–H groups in total. The topological polar surface area (TPSA) is 45.4 Å². The normalized spacial score (nSPS) is 23.3. The lowest BCUT2D eigenvalue weighted by Gasteiger charge is -2.16. The highest BCUT2D eigenvalue weighted by Gasteiger charge is 2.21. The molecule has 2 heterocycles. The van der Waals surface area contributed by atoms with Crippen LogP contribution in [0.15, 0.2) is 10.5 Å². The second kappa shape index (κ2) is 2.52. The van der Waals surface area contributed by atoms with Crippen LogP contribution in [-0.4, -0.2) is 11.7 Å². The highest BCUT2D eigenvalue weighted by molar-refractivity contribution is 6.28. The molecule has 0 aliphatic carbocycles. The lowest BCUT2D eigenvalue weighted by Crippen LogP contribution is -2.26. The molecule has 2 rings (SSSR count). The first kappa shape index (κ1) is 7.16. The summed E-state index contributed by atoms with van der Waals surface area (Å²) in [5, 5.41) is 12.7. The van der Waals surface area contributed by atoms with E-state index in [0.29, 0.717) is 18.3 Å². The van der Waals surface area contributed by atoms with E-state index < -0.39 is 6.10 Å². The molecule has 0 saturated heterocycles. The van der Waals surface area contributed by atoms with Crippen molar-refractivity contribution in [2.45, 2.75) is 12.6 Å². The van der Waals surface area contributed by atoms with Crippen molar-refractivity contribution in [2.75, 3.05) is 6.54 Å². The van der Waals surface area contributed by atoms with Crippen molar-refractivity contribution >= 4 is 11.6 Å². The van der Waals surface area contributed by atoms with Crippen molar-refractivity contribution in [2.24, 2.45) is 0 Å². The number of hydrogen-bond donors (Lipinski definition) is 2. The van der Waals surface area contributed by atoms with Gasteiger partial charge in [0.25, 0.3) is 0 Å². The third-order valence-electron chi connectivity index (χ3n) is 1.79. The average molecular weight is 174 g/mol. The third-order valence-corrected chi connectivity index (χ3v) is 1.98. The fourth-order valence-corrected chi connectivity index (χ4v) is 1.47. The number of β-amino-alcohol motifs (C(OH)–C–C–N with tert-alkyl or cyclic N) is 1. The molecule has 4 heteroatoms. The standard InChI is InChI=1S/C7H8ClNO2/c8-7-1-4-5(10)2-9-3-6(4)11-7/h1,5,9-10H,2-3H2. The molecule has 0 saturated carbocycles. The maximum absolute atomic E-state index is 9.39. The Balaban J connectivity index is 2.43. The predicted molar refractivity (Wildman–Crippen MR) is 40.4 cm³/mol. The molecule has 0 spiro atoms. The van der Waals surface area contributed by atoms with Gasteiger partial charge in [0.1, 0.15) is 5.76 Å². The fraction of sp³-hybridized carbons (Fsp3) is 0.429. The molecule has 0 radical (unpaired) electrons. The van der Waals surface area contributed by atoms with E-state index in [1.54, 1.807) is 6.07 Å². The van der Waals surface area contributed by atoms with Gasteiger partial charge in [0.05, 0.1) is 12.6 Å². The van der Waals surface area contributed by atoms with Crippen molar-refractivity contribution in [1.82, 2.24) is 5.32 Å². The van der Waals surface area contributed by atoms with E-state index in [2.05, 4.69) is 5.32 Å². The van der Waals surface area contributed by atoms with Crippen LogP contribution in [0.25, 0.3) is 0 Å². The Bertz CT molecular complexity index is 271. The smallest absolute Gasteiger partial charge is 0.193 e. The Morgan fingerprint density at radius 1 is 1.73 bits per heavy atom. The minimum absolute atomic E-state index is 0.345. The molecular weight excluding hydrogens is 166 g/mol. The summed E-state index contributed by atoms with van der Waals surface area (Å²) in [6.07, 6.45) is -0.477. The number of fused-ring (bicyclic) bond motifs is 1. The molecular formula is C7H8ClNO2. The van der Waals surface area contributed by atoms with Gasteiger partial charge in [-0.25, -0.2) is 0 Å². The number of hydrogen-bond acceptors (Lipinski definition) is 3. The summed E-state index contributed by atoms with van der Waals surface area (Å²) in [5.41, 5.74) is 0.814. The van der Waals surface area contributed by atoms with Crippen LogP contribution in [0.1, 0.15) is 17.4 Å². The quantitative estimate of drug-likeness (QED) is 0.617. The molecule has 0 aromatic carbocycles. The van der Waals surface area contributed by atoms with Gasteiger partial charge in [-0.15, -0.1) is 0 Å². The first-order chi connectivity index (χ1) is 5.27. The Labute approximate surface area is 69.0 Å². The minimum Gasteiger partial charge on any atom is -0.448 e. The van der Waals surface area contributed by atoms with Crippen molar-refractivity contribution in [3.63, 3.8) is 0 Å². The number of nitrogens with one attached hydrogen (secondary N) is 1. The van der Waals surface area contributed by atoms with Crippen LogP contribution in [0.4, 0.5) is 0 Å².